The first-order valence-corrected chi connectivity index (χ1v) is 9.26. The highest BCUT2D eigenvalue weighted by Crippen LogP contribution is 2.39. The standard InChI is InChI=1S/C19H23N5O2/c1-13(25)22-8-6-17-15(10-22)19(21-24(17)14-11-26-12-14)23-9-7-20-16-4-2-3-5-18(16)23/h2-5,14,20H,6-12H2,1H3. The summed E-state index contributed by atoms with van der Waals surface area (Å²) in [7, 11) is 0. The normalized spacial score (nSPS) is 19.4. The molecule has 136 valence electrons. The molecule has 4 heterocycles. The largest absolute Gasteiger partial charge is 0.382 e. The number of nitrogens with zero attached hydrogens (tertiary/aromatic N) is 4. The van der Waals surface area contributed by atoms with Crippen LogP contribution in [0.15, 0.2) is 24.3 Å². The summed E-state index contributed by atoms with van der Waals surface area (Å²) >= 11 is 0. The molecule has 7 nitrogen and oxygen atoms in total. The Balaban J connectivity index is 1.61. The van der Waals surface area contributed by atoms with Gasteiger partial charge >= 0.3 is 0 Å². The number of benzene rings is 1. The fraction of sp³-hybridized carbons (Fsp3) is 0.474. The molecule has 5 rings (SSSR count). The maximum Gasteiger partial charge on any atom is 0.219 e. The monoisotopic (exact) mass is 353 g/mol. The molecule has 0 aliphatic carbocycles. The highest BCUT2D eigenvalue weighted by Gasteiger charge is 2.34. The second-order valence-corrected chi connectivity index (χ2v) is 7.17. The Morgan fingerprint density at radius 1 is 1.27 bits per heavy atom. The van der Waals surface area contributed by atoms with Gasteiger partial charge in [-0.2, -0.15) is 5.10 Å². The summed E-state index contributed by atoms with van der Waals surface area (Å²) in [4.78, 5) is 16.2. The van der Waals surface area contributed by atoms with Crippen LogP contribution in [0.2, 0.25) is 0 Å². The minimum Gasteiger partial charge on any atom is -0.382 e. The number of para-hydroxylation sites is 2. The van der Waals surface area contributed by atoms with Crippen molar-refractivity contribution in [1.82, 2.24) is 14.7 Å². The van der Waals surface area contributed by atoms with E-state index in [4.69, 9.17) is 9.84 Å². The molecule has 3 aliphatic rings. The van der Waals surface area contributed by atoms with Crippen LogP contribution in [0.5, 0.6) is 0 Å². The van der Waals surface area contributed by atoms with E-state index in [9.17, 15) is 4.79 Å². The quantitative estimate of drug-likeness (QED) is 0.894. The summed E-state index contributed by atoms with van der Waals surface area (Å²) < 4.78 is 7.56. The zero-order valence-corrected chi connectivity index (χ0v) is 14.9. The zero-order chi connectivity index (χ0) is 17.7. The first kappa shape index (κ1) is 15.7. The van der Waals surface area contributed by atoms with E-state index in [1.165, 1.54) is 11.3 Å². The van der Waals surface area contributed by atoms with Crippen LogP contribution in [-0.2, 0) is 22.5 Å². The molecule has 0 unspecified atom stereocenters. The van der Waals surface area contributed by atoms with Crippen molar-refractivity contribution in [2.24, 2.45) is 0 Å². The molecule has 1 aromatic heterocycles. The third kappa shape index (κ3) is 2.38. The van der Waals surface area contributed by atoms with Gasteiger partial charge in [-0.3, -0.25) is 9.48 Å². The molecule has 0 spiro atoms. The number of fused-ring (bicyclic) bond motifs is 2. The first-order chi connectivity index (χ1) is 12.7. The Morgan fingerprint density at radius 2 is 2.12 bits per heavy atom. The molecule has 0 atom stereocenters. The summed E-state index contributed by atoms with van der Waals surface area (Å²) in [5, 5.41) is 8.49. The molecule has 1 aromatic carbocycles. The number of hydrogen-bond donors (Lipinski definition) is 1. The maximum atomic E-state index is 12.0. The van der Waals surface area contributed by atoms with Crippen LogP contribution in [0.25, 0.3) is 0 Å². The van der Waals surface area contributed by atoms with Crippen LogP contribution < -0.4 is 10.2 Å². The van der Waals surface area contributed by atoms with Crippen LogP contribution >= 0.6 is 0 Å². The zero-order valence-electron chi connectivity index (χ0n) is 14.9. The van der Waals surface area contributed by atoms with Crippen molar-refractivity contribution in [3.63, 3.8) is 0 Å². The number of hydrogen-bond acceptors (Lipinski definition) is 5. The second kappa shape index (κ2) is 6.02. The molecule has 1 amide bonds. The molecule has 26 heavy (non-hydrogen) atoms. The number of aromatic nitrogens is 2. The summed E-state index contributed by atoms with van der Waals surface area (Å²) in [5.74, 6) is 1.12. The Kier molecular flexibility index (Phi) is 3.63. The molecule has 2 aromatic rings. The highest BCUT2D eigenvalue weighted by molar-refractivity contribution is 5.79. The molecule has 1 N–H and O–H groups in total. The second-order valence-electron chi connectivity index (χ2n) is 7.17. The topological polar surface area (TPSA) is 62.6 Å². The van der Waals surface area contributed by atoms with E-state index in [2.05, 4.69) is 33.1 Å². The fourth-order valence-corrected chi connectivity index (χ4v) is 4.08. The highest BCUT2D eigenvalue weighted by atomic mass is 16.5. The minimum absolute atomic E-state index is 0.127. The third-order valence-electron chi connectivity index (χ3n) is 5.58. The van der Waals surface area contributed by atoms with Crippen molar-refractivity contribution < 1.29 is 9.53 Å². The van der Waals surface area contributed by atoms with Crippen LogP contribution in [0, 0.1) is 0 Å². The Labute approximate surface area is 152 Å². The van der Waals surface area contributed by atoms with E-state index in [1.807, 2.05) is 11.0 Å². The van der Waals surface area contributed by atoms with Crippen LogP contribution in [0.3, 0.4) is 0 Å². The van der Waals surface area contributed by atoms with Gasteiger partial charge < -0.3 is 19.9 Å². The number of amides is 1. The van der Waals surface area contributed by atoms with Gasteiger partial charge in [0, 0.05) is 44.2 Å². The third-order valence-corrected chi connectivity index (χ3v) is 5.58. The fourth-order valence-electron chi connectivity index (χ4n) is 4.08. The van der Waals surface area contributed by atoms with Crippen molar-refractivity contribution >= 4 is 23.1 Å². The van der Waals surface area contributed by atoms with Gasteiger partial charge in [0.15, 0.2) is 5.82 Å². The lowest BCUT2D eigenvalue weighted by Crippen LogP contribution is -2.37. The first-order valence-electron chi connectivity index (χ1n) is 9.26. The lowest BCUT2D eigenvalue weighted by Gasteiger charge is -2.33. The average Bonchev–Trinajstić information content (AvgIpc) is 2.98. The van der Waals surface area contributed by atoms with Crippen molar-refractivity contribution in [1.29, 1.82) is 0 Å². The van der Waals surface area contributed by atoms with Gasteiger partial charge in [-0.1, -0.05) is 12.1 Å². The number of rotatable bonds is 2. The number of anilines is 3. The Bertz CT molecular complexity index is 858. The van der Waals surface area contributed by atoms with Gasteiger partial charge in [-0.05, 0) is 12.1 Å². The summed E-state index contributed by atoms with van der Waals surface area (Å²) in [6, 6.07) is 8.66. The molecular formula is C19H23N5O2. The number of nitrogens with one attached hydrogen (secondary N) is 1. The van der Waals surface area contributed by atoms with E-state index < -0.39 is 0 Å². The number of ether oxygens (including phenoxy) is 1. The van der Waals surface area contributed by atoms with Gasteiger partial charge in [-0.25, -0.2) is 0 Å². The Morgan fingerprint density at radius 3 is 2.88 bits per heavy atom. The van der Waals surface area contributed by atoms with E-state index in [0.29, 0.717) is 12.6 Å². The molecule has 0 radical (unpaired) electrons. The maximum absolute atomic E-state index is 12.0. The van der Waals surface area contributed by atoms with Gasteiger partial charge in [0.05, 0.1) is 37.2 Å². The van der Waals surface area contributed by atoms with Gasteiger partial charge in [0.1, 0.15) is 0 Å². The van der Waals surface area contributed by atoms with Crippen molar-refractivity contribution in [2.75, 3.05) is 43.1 Å². The van der Waals surface area contributed by atoms with Crippen LogP contribution in [0.4, 0.5) is 17.2 Å². The van der Waals surface area contributed by atoms with Gasteiger partial charge in [0.25, 0.3) is 0 Å². The van der Waals surface area contributed by atoms with E-state index >= 15 is 0 Å². The van der Waals surface area contributed by atoms with E-state index in [1.54, 1.807) is 6.92 Å². The smallest absolute Gasteiger partial charge is 0.219 e. The molecule has 1 fully saturated rings. The van der Waals surface area contributed by atoms with Gasteiger partial charge in [0.2, 0.25) is 5.91 Å². The average molecular weight is 353 g/mol. The SMILES string of the molecule is CC(=O)N1CCc2c(c(N3CCNc4ccccc43)nn2C2COC2)C1. The number of carbonyl (C=O) groups is 1. The van der Waals surface area contributed by atoms with Crippen molar-refractivity contribution in [3.05, 3.63) is 35.5 Å². The van der Waals surface area contributed by atoms with E-state index in [0.717, 1.165) is 56.5 Å². The predicted octanol–water partition coefficient (Wildman–Crippen LogP) is 1.92. The number of carbonyl (C=O) groups excluding carboxylic acids is 1. The molecule has 1 saturated heterocycles. The Hall–Kier alpha value is -2.54. The predicted molar refractivity (Wildman–Crippen MR) is 98.8 cm³/mol. The lowest BCUT2D eigenvalue weighted by molar-refractivity contribution is -0.129. The van der Waals surface area contributed by atoms with Gasteiger partial charge in [-0.15, -0.1) is 0 Å². The molecular weight excluding hydrogens is 330 g/mol. The summed E-state index contributed by atoms with van der Waals surface area (Å²) in [5.41, 5.74) is 4.74. The molecule has 7 heteroatoms. The lowest BCUT2D eigenvalue weighted by atomic mass is 10.0. The van der Waals surface area contributed by atoms with Crippen LogP contribution in [0.1, 0.15) is 24.2 Å². The summed E-state index contributed by atoms with van der Waals surface area (Å²) in [6.45, 7) is 6.24. The van der Waals surface area contributed by atoms with Crippen LogP contribution in [-0.4, -0.2) is 53.4 Å². The molecule has 3 aliphatic heterocycles. The van der Waals surface area contributed by atoms with Crippen molar-refractivity contribution in [2.45, 2.75) is 25.9 Å². The molecule has 0 bridgehead atoms. The molecule has 0 saturated carbocycles. The van der Waals surface area contributed by atoms with E-state index in [-0.39, 0.29) is 5.91 Å². The van der Waals surface area contributed by atoms with Crippen molar-refractivity contribution in [3.8, 4) is 0 Å². The minimum atomic E-state index is 0.127. The summed E-state index contributed by atoms with van der Waals surface area (Å²) in [6.07, 6.45) is 0.853.